The smallest absolute Gasteiger partial charge is 0.460 e. The Hall–Kier alpha value is -3.19. The van der Waals surface area contributed by atoms with Crippen LogP contribution in [0, 0.1) is 22.7 Å². The number of alkyl halides is 13. The molecule has 190 valence electrons. The number of halogens is 13. The molecule has 0 aliphatic heterocycles. The zero-order valence-corrected chi connectivity index (χ0v) is 15.2. The molecular formula is C15H5F13N2O4. The van der Waals surface area contributed by atoms with E-state index in [1.54, 1.807) is 0 Å². The lowest BCUT2D eigenvalue weighted by Crippen LogP contribution is -2.74. The lowest BCUT2D eigenvalue weighted by molar-refractivity contribution is -0.486. The van der Waals surface area contributed by atoms with E-state index in [1.165, 1.54) is 0 Å². The second-order valence-electron chi connectivity index (χ2n) is 6.14. The summed E-state index contributed by atoms with van der Waals surface area (Å²) in [5.74, 6) is -49.3. The first-order valence-corrected chi connectivity index (χ1v) is 7.64. The number of hydrogen-bond donors (Lipinski definition) is 3. The summed E-state index contributed by atoms with van der Waals surface area (Å²) in [6.07, 6.45) is -7.67. The number of hydrogen-bond acceptors (Lipinski definition) is 6. The highest BCUT2D eigenvalue weighted by Crippen LogP contribution is 2.61. The van der Waals surface area contributed by atoms with Crippen molar-refractivity contribution in [2.24, 2.45) is 0 Å². The molecule has 0 saturated carbocycles. The first-order valence-electron chi connectivity index (χ1n) is 7.64. The van der Waals surface area contributed by atoms with E-state index in [0.717, 1.165) is 12.1 Å². The van der Waals surface area contributed by atoms with Crippen molar-refractivity contribution < 1.29 is 77.1 Å². The molecular weight excluding hydrogens is 519 g/mol. The molecule has 6 nitrogen and oxygen atoms in total. The van der Waals surface area contributed by atoms with Crippen molar-refractivity contribution in [3.63, 3.8) is 0 Å². The summed E-state index contributed by atoms with van der Waals surface area (Å²) in [5.41, 5.74) is -2.64. The highest BCUT2D eigenvalue weighted by Gasteiger charge is 2.93. The van der Waals surface area contributed by atoms with E-state index in [2.05, 4.69) is 4.74 Å². The number of aliphatic hydroxyl groups is 2. The van der Waals surface area contributed by atoms with Crippen molar-refractivity contribution in [1.29, 1.82) is 10.5 Å². The van der Waals surface area contributed by atoms with Crippen LogP contribution in [0.4, 0.5) is 57.1 Å². The summed E-state index contributed by atoms with van der Waals surface area (Å²) >= 11 is 0. The van der Waals surface area contributed by atoms with Gasteiger partial charge in [-0.1, -0.05) is 0 Å². The number of nitriles is 2. The maximum Gasteiger partial charge on any atom is 0.460 e. The van der Waals surface area contributed by atoms with E-state index in [-0.39, 0.29) is 12.1 Å². The summed E-state index contributed by atoms with van der Waals surface area (Å²) in [6.45, 7) is 0. The molecule has 19 heteroatoms. The number of rotatable bonds is 7. The Kier molecular flexibility index (Phi) is 6.74. The van der Waals surface area contributed by atoms with Gasteiger partial charge in [-0.15, -0.1) is 0 Å². The third-order valence-electron chi connectivity index (χ3n) is 3.96. The van der Waals surface area contributed by atoms with E-state index in [0.29, 0.717) is 0 Å². The molecule has 0 heterocycles. The van der Waals surface area contributed by atoms with Gasteiger partial charge in [0.2, 0.25) is 0 Å². The summed E-state index contributed by atoms with van der Waals surface area (Å²) < 4.78 is 174. The van der Waals surface area contributed by atoms with Crippen LogP contribution in [0.15, 0.2) is 12.1 Å². The monoisotopic (exact) mass is 524 g/mol. The number of phenolic OH excluding ortho intramolecular Hbond substituents is 1. The van der Waals surface area contributed by atoms with Crippen LogP contribution in [0.25, 0.3) is 0 Å². The van der Waals surface area contributed by atoms with Crippen molar-refractivity contribution >= 4 is 0 Å². The largest absolute Gasteiger partial charge is 0.507 e. The normalized spacial score (nSPS) is 14.4. The van der Waals surface area contributed by atoms with Gasteiger partial charge in [-0.3, -0.25) is 0 Å². The Morgan fingerprint density at radius 3 is 1.38 bits per heavy atom. The Morgan fingerprint density at radius 2 is 1.00 bits per heavy atom. The standard InChI is InChI=1S/C15H5F13N2O4/c16-9(17,10(18,19)12(22,23)14(26,27)28)11(20,21)13(24,25)15(32,33)34-8-2-1-7(31)5(3-29)6(8)4-30/h1-2,31-33H. The van der Waals surface area contributed by atoms with Gasteiger partial charge in [-0.2, -0.15) is 67.6 Å². The highest BCUT2D eigenvalue weighted by molar-refractivity contribution is 5.60. The molecule has 0 unspecified atom stereocenters. The molecule has 1 aromatic carbocycles. The minimum Gasteiger partial charge on any atom is -0.507 e. The molecule has 0 atom stereocenters. The molecule has 0 fully saturated rings. The number of nitrogens with zero attached hydrogens (tertiary/aromatic N) is 2. The first-order chi connectivity index (χ1) is 14.9. The topological polar surface area (TPSA) is 118 Å². The molecule has 0 aromatic heterocycles. The van der Waals surface area contributed by atoms with Gasteiger partial charge in [0.1, 0.15) is 34.8 Å². The predicted octanol–water partition coefficient (Wildman–Crippen LogP) is 3.89. The van der Waals surface area contributed by atoms with Crippen molar-refractivity contribution in [2.45, 2.75) is 41.8 Å². The van der Waals surface area contributed by atoms with Crippen LogP contribution >= 0.6 is 0 Å². The number of benzene rings is 1. The predicted molar refractivity (Wildman–Crippen MR) is 76.1 cm³/mol. The van der Waals surface area contributed by atoms with Gasteiger partial charge in [-0.25, -0.2) is 0 Å². The zero-order valence-electron chi connectivity index (χ0n) is 15.2. The summed E-state index contributed by atoms with van der Waals surface area (Å²) in [4.78, 5) is 0. The van der Waals surface area contributed by atoms with Crippen LogP contribution in [0.2, 0.25) is 0 Å². The van der Waals surface area contributed by atoms with Crippen molar-refractivity contribution in [1.82, 2.24) is 0 Å². The van der Waals surface area contributed by atoms with Gasteiger partial charge in [0.25, 0.3) is 0 Å². The molecule has 0 spiro atoms. The Balaban J connectivity index is 3.67. The Morgan fingerprint density at radius 1 is 0.618 bits per heavy atom. The van der Waals surface area contributed by atoms with E-state index in [1.807, 2.05) is 0 Å². The van der Waals surface area contributed by atoms with Crippen LogP contribution in [0.3, 0.4) is 0 Å². The maximum atomic E-state index is 14.0. The van der Waals surface area contributed by atoms with Gasteiger partial charge in [-0.05, 0) is 12.1 Å². The molecule has 0 aliphatic rings. The van der Waals surface area contributed by atoms with E-state index < -0.39 is 64.4 Å². The summed E-state index contributed by atoms with van der Waals surface area (Å²) in [6, 6.07) is 2.28. The molecule has 0 amide bonds. The van der Waals surface area contributed by atoms with Crippen LogP contribution in [-0.2, 0) is 0 Å². The van der Waals surface area contributed by atoms with Crippen LogP contribution in [-0.4, -0.2) is 57.1 Å². The Bertz CT molecular complexity index is 1040. The van der Waals surface area contributed by atoms with E-state index in [9.17, 15) is 62.2 Å². The number of phenols is 1. The number of aromatic hydroxyl groups is 1. The van der Waals surface area contributed by atoms with Crippen molar-refractivity contribution in [2.75, 3.05) is 0 Å². The molecule has 0 saturated heterocycles. The highest BCUT2D eigenvalue weighted by atomic mass is 19.4. The van der Waals surface area contributed by atoms with E-state index >= 15 is 0 Å². The fourth-order valence-electron chi connectivity index (χ4n) is 2.07. The van der Waals surface area contributed by atoms with Crippen LogP contribution < -0.4 is 4.74 Å². The second-order valence-corrected chi connectivity index (χ2v) is 6.14. The minimum atomic E-state index is -8.34. The third-order valence-corrected chi connectivity index (χ3v) is 3.96. The molecule has 0 aliphatic carbocycles. The second kappa shape index (κ2) is 7.94. The average Bonchev–Trinajstić information content (AvgIpc) is 2.67. The summed E-state index contributed by atoms with van der Waals surface area (Å²) in [7, 11) is 0. The van der Waals surface area contributed by atoms with Crippen molar-refractivity contribution in [3.05, 3.63) is 23.3 Å². The molecule has 1 rings (SSSR count). The lowest BCUT2D eigenvalue weighted by atomic mass is 9.93. The fraction of sp³-hybridized carbons (Fsp3) is 0.467. The van der Waals surface area contributed by atoms with Gasteiger partial charge >= 0.3 is 41.8 Å². The SMILES string of the molecule is N#Cc1c(O)ccc(OC(O)(O)C(F)(F)C(F)(F)C(F)(F)C(F)(F)C(F)(F)C(F)(F)F)c1C#N. The lowest BCUT2D eigenvalue weighted by Gasteiger charge is -2.42. The van der Waals surface area contributed by atoms with E-state index in [4.69, 9.17) is 20.7 Å². The zero-order chi connectivity index (χ0) is 27.3. The minimum absolute atomic E-state index is 0.0781. The average molecular weight is 524 g/mol. The van der Waals surface area contributed by atoms with Gasteiger partial charge in [0.05, 0.1) is 0 Å². The Labute approximate surface area is 177 Å². The molecule has 0 radical (unpaired) electrons. The fourth-order valence-corrected chi connectivity index (χ4v) is 2.07. The van der Waals surface area contributed by atoms with Gasteiger partial charge in [0, 0.05) is 0 Å². The molecule has 0 bridgehead atoms. The van der Waals surface area contributed by atoms with Gasteiger partial charge in [0.15, 0.2) is 0 Å². The molecule has 34 heavy (non-hydrogen) atoms. The van der Waals surface area contributed by atoms with Gasteiger partial charge < -0.3 is 20.1 Å². The first kappa shape index (κ1) is 28.8. The van der Waals surface area contributed by atoms with Crippen molar-refractivity contribution in [3.8, 4) is 23.6 Å². The molecule has 3 N–H and O–H groups in total. The molecule has 1 aromatic rings. The summed E-state index contributed by atoms with van der Waals surface area (Å²) in [5, 5.41) is 45.1. The van der Waals surface area contributed by atoms with Crippen LogP contribution in [0.5, 0.6) is 11.5 Å². The quantitative estimate of drug-likeness (QED) is 0.368. The van der Waals surface area contributed by atoms with Crippen LogP contribution in [0.1, 0.15) is 11.1 Å². The maximum absolute atomic E-state index is 14.0. The number of ether oxygens (including phenoxy) is 1. The third kappa shape index (κ3) is 3.78.